The molecule has 0 saturated carbocycles. The Labute approximate surface area is 130 Å². The zero-order chi connectivity index (χ0) is 14.7. The van der Waals surface area contributed by atoms with E-state index >= 15 is 0 Å². The quantitative estimate of drug-likeness (QED) is 0.677. The van der Waals surface area contributed by atoms with Crippen LogP contribution in [0.25, 0.3) is 0 Å². The maximum absolute atomic E-state index is 9.17. The number of rotatable bonds is 3. The molecular weight excluding hydrogens is 276 g/mol. The van der Waals surface area contributed by atoms with Crippen LogP contribution in [0.5, 0.6) is 0 Å². The number of aryl methyl sites for hydroxylation is 2. The van der Waals surface area contributed by atoms with Crippen LogP contribution in [0.2, 0.25) is 0 Å². The zero-order valence-corrected chi connectivity index (χ0v) is 13.1. The molecule has 108 valence electrons. The van der Waals surface area contributed by atoms with Gasteiger partial charge in [0.1, 0.15) is 0 Å². The number of benzene rings is 2. The third-order valence-corrected chi connectivity index (χ3v) is 4.90. The van der Waals surface area contributed by atoms with Gasteiger partial charge in [0.2, 0.25) is 0 Å². The number of hydrogen-bond acceptors (Lipinski definition) is 2. The van der Waals surface area contributed by atoms with Gasteiger partial charge in [-0.3, -0.25) is 0 Å². The number of aliphatic hydroxyl groups excluding tert-OH is 1. The molecule has 2 aromatic carbocycles. The van der Waals surface area contributed by atoms with Crippen LogP contribution in [0, 0.1) is 0 Å². The van der Waals surface area contributed by atoms with Crippen molar-refractivity contribution in [1.29, 1.82) is 0 Å². The Bertz CT molecular complexity index is 660. The Morgan fingerprint density at radius 3 is 2.62 bits per heavy atom. The molecule has 2 aromatic rings. The smallest absolute Gasteiger partial charge is 0.0612 e. The summed E-state index contributed by atoms with van der Waals surface area (Å²) in [6, 6.07) is 15.5. The van der Waals surface area contributed by atoms with Crippen molar-refractivity contribution in [3.05, 3.63) is 76.9 Å². The highest BCUT2D eigenvalue weighted by Crippen LogP contribution is 2.36. The molecule has 1 aliphatic carbocycles. The summed E-state index contributed by atoms with van der Waals surface area (Å²) >= 11 is 1.78. The van der Waals surface area contributed by atoms with Gasteiger partial charge in [0.15, 0.2) is 0 Å². The van der Waals surface area contributed by atoms with Crippen molar-refractivity contribution >= 4 is 11.8 Å². The lowest BCUT2D eigenvalue weighted by molar-refractivity contribution is 0.342. The lowest BCUT2D eigenvalue weighted by atomic mass is 9.88. The molecule has 0 aliphatic heterocycles. The van der Waals surface area contributed by atoms with Crippen molar-refractivity contribution in [1.82, 2.24) is 0 Å². The summed E-state index contributed by atoms with van der Waals surface area (Å²) in [5.41, 5.74) is 5.61. The minimum Gasteiger partial charge on any atom is -0.392 e. The standard InChI is InChI=1S/C19H20OS/c1-21-16-11-10-15-9-8-14-5-2-3-6-17(14)18(7-4-12-20)19(15)13-16/h2-7,10-11,13,18,20H,8-9,12H2,1H3/b7-4+. The highest BCUT2D eigenvalue weighted by molar-refractivity contribution is 7.98. The average molecular weight is 296 g/mol. The molecule has 1 nitrogen and oxygen atoms in total. The van der Waals surface area contributed by atoms with Gasteiger partial charge in [0, 0.05) is 10.8 Å². The minimum absolute atomic E-state index is 0.0935. The van der Waals surface area contributed by atoms with Gasteiger partial charge in [0.25, 0.3) is 0 Å². The van der Waals surface area contributed by atoms with Gasteiger partial charge < -0.3 is 5.11 Å². The summed E-state index contributed by atoms with van der Waals surface area (Å²) in [7, 11) is 0. The van der Waals surface area contributed by atoms with Crippen LogP contribution in [0.3, 0.4) is 0 Å². The molecule has 0 aromatic heterocycles. The normalized spacial score (nSPS) is 17.3. The van der Waals surface area contributed by atoms with Gasteiger partial charge in [-0.15, -0.1) is 11.8 Å². The molecule has 0 bridgehead atoms. The SMILES string of the molecule is CSc1ccc2c(c1)C(/C=C/CO)c1ccccc1CC2. The van der Waals surface area contributed by atoms with E-state index in [1.165, 1.54) is 27.1 Å². The first kappa shape index (κ1) is 14.4. The van der Waals surface area contributed by atoms with Gasteiger partial charge in [-0.25, -0.2) is 0 Å². The Balaban J connectivity index is 2.16. The number of hydrogen-bond donors (Lipinski definition) is 1. The summed E-state index contributed by atoms with van der Waals surface area (Å²) in [4.78, 5) is 1.30. The number of thioether (sulfide) groups is 1. The zero-order valence-electron chi connectivity index (χ0n) is 12.3. The fourth-order valence-corrected chi connectivity index (χ4v) is 3.57. The largest absolute Gasteiger partial charge is 0.392 e. The second-order valence-corrected chi connectivity index (χ2v) is 6.23. The van der Waals surface area contributed by atoms with Crippen molar-refractivity contribution in [2.75, 3.05) is 12.9 Å². The second-order valence-electron chi connectivity index (χ2n) is 5.35. The lowest BCUT2D eigenvalue weighted by Gasteiger charge is -2.17. The van der Waals surface area contributed by atoms with Crippen LogP contribution < -0.4 is 0 Å². The molecule has 3 rings (SSSR count). The Kier molecular flexibility index (Phi) is 4.47. The summed E-state index contributed by atoms with van der Waals surface area (Å²) in [5.74, 6) is 0.248. The van der Waals surface area contributed by atoms with Crippen LogP contribution in [-0.4, -0.2) is 18.0 Å². The highest BCUT2D eigenvalue weighted by Gasteiger charge is 2.21. The number of allylic oxidation sites excluding steroid dienone is 1. The number of aliphatic hydroxyl groups is 1. The van der Waals surface area contributed by atoms with E-state index in [9.17, 15) is 5.11 Å². The van der Waals surface area contributed by atoms with Crippen molar-refractivity contribution in [2.24, 2.45) is 0 Å². The van der Waals surface area contributed by atoms with Gasteiger partial charge >= 0.3 is 0 Å². The van der Waals surface area contributed by atoms with Crippen molar-refractivity contribution in [3.8, 4) is 0 Å². The topological polar surface area (TPSA) is 20.2 Å². The van der Waals surface area contributed by atoms with E-state index in [1.54, 1.807) is 11.8 Å². The summed E-state index contributed by atoms with van der Waals surface area (Å²) in [5, 5.41) is 9.17. The molecular formula is C19H20OS. The van der Waals surface area contributed by atoms with Crippen LogP contribution in [-0.2, 0) is 12.8 Å². The maximum Gasteiger partial charge on any atom is 0.0612 e. The molecule has 1 N–H and O–H groups in total. The molecule has 0 amide bonds. The van der Waals surface area contributed by atoms with E-state index in [0.717, 1.165) is 12.8 Å². The first-order chi connectivity index (χ1) is 10.3. The maximum atomic E-state index is 9.17. The van der Waals surface area contributed by atoms with E-state index in [-0.39, 0.29) is 12.5 Å². The first-order valence-electron chi connectivity index (χ1n) is 7.35. The predicted molar refractivity (Wildman–Crippen MR) is 90.1 cm³/mol. The van der Waals surface area contributed by atoms with Gasteiger partial charge in [0.05, 0.1) is 6.61 Å². The van der Waals surface area contributed by atoms with Crippen LogP contribution in [0.1, 0.15) is 28.2 Å². The summed E-state index contributed by atoms with van der Waals surface area (Å²) < 4.78 is 0. The third-order valence-electron chi connectivity index (χ3n) is 4.18. The first-order valence-corrected chi connectivity index (χ1v) is 8.58. The Morgan fingerprint density at radius 1 is 1.10 bits per heavy atom. The van der Waals surface area contributed by atoms with E-state index < -0.39 is 0 Å². The number of fused-ring (bicyclic) bond motifs is 2. The monoisotopic (exact) mass is 296 g/mol. The summed E-state index contributed by atoms with van der Waals surface area (Å²) in [6.07, 6.45) is 8.30. The fourth-order valence-electron chi connectivity index (χ4n) is 3.12. The molecule has 2 heteroatoms. The minimum atomic E-state index is 0.0935. The van der Waals surface area contributed by atoms with Gasteiger partial charge in [-0.1, -0.05) is 42.5 Å². The predicted octanol–water partition coefficient (Wildman–Crippen LogP) is 4.19. The summed E-state index contributed by atoms with van der Waals surface area (Å²) in [6.45, 7) is 0.0935. The van der Waals surface area contributed by atoms with E-state index in [0.29, 0.717) is 0 Å². The molecule has 1 aliphatic rings. The molecule has 0 radical (unpaired) electrons. The molecule has 1 unspecified atom stereocenters. The van der Waals surface area contributed by atoms with Crippen molar-refractivity contribution in [3.63, 3.8) is 0 Å². The van der Waals surface area contributed by atoms with E-state index in [1.807, 2.05) is 6.08 Å². The lowest BCUT2D eigenvalue weighted by Crippen LogP contribution is -2.01. The molecule has 0 fully saturated rings. The van der Waals surface area contributed by atoms with Crippen molar-refractivity contribution in [2.45, 2.75) is 23.7 Å². The Morgan fingerprint density at radius 2 is 1.86 bits per heavy atom. The van der Waals surface area contributed by atoms with Crippen molar-refractivity contribution < 1.29 is 5.11 Å². The molecule has 0 heterocycles. The van der Waals surface area contributed by atoms with Gasteiger partial charge in [-0.05, 0) is 53.5 Å². The highest BCUT2D eigenvalue weighted by atomic mass is 32.2. The molecule has 0 saturated heterocycles. The van der Waals surface area contributed by atoms with Crippen LogP contribution in [0.4, 0.5) is 0 Å². The molecule has 21 heavy (non-hydrogen) atoms. The van der Waals surface area contributed by atoms with Crippen LogP contribution in [0.15, 0.2) is 59.5 Å². The van der Waals surface area contributed by atoms with E-state index in [2.05, 4.69) is 54.8 Å². The Hall–Kier alpha value is -1.51. The van der Waals surface area contributed by atoms with Gasteiger partial charge in [-0.2, -0.15) is 0 Å². The second kappa shape index (κ2) is 6.50. The average Bonchev–Trinajstić information content (AvgIpc) is 2.69. The third kappa shape index (κ3) is 2.92. The molecule has 0 spiro atoms. The molecule has 1 atom stereocenters. The fraction of sp³-hybridized carbons (Fsp3) is 0.263. The van der Waals surface area contributed by atoms with Crippen LogP contribution >= 0.6 is 11.8 Å². The van der Waals surface area contributed by atoms with E-state index in [4.69, 9.17) is 0 Å².